The molecule has 0 saturated heterocycles. The van der Waals surface area contributed by atoms with Gasteiger partial charge in [0.25, 0.3) is 0 Å². The van der Waals surface area contributed by atoms with Gasteiger partial charge in [0.05, 0.1) is 11.6 Å². The van der Waals surface area contributed by atoms with Crippen LogP contribution in [0.4, 0.5) is 0 Å². The number of aliphatic hydroxyl groups is 1. The summed E-state index contributed by atoms with van der Waals surface area (Å²) in [6.45, 7) is 3.03. The maximum absolute atomic E-state index is 9.03. The molecular weight excluding hydrogens is 233 g/mol. The van der Waals surface area contributed by atoms with Gasteiger partial charge in [-0.15, -0.1) is 0 Å². The van der Waals surface area contributed by atoms with Crippen LogP contribution in [0.25, 0.3) is 0 Å². The highest BCUT2D eigenvalue weighted by Gasteiger charge is 2.09. The van der Waals surface area contributed by atoms with Crippen molar-refractivity contribution >= 4 is 23.2 Å². The van der Waals surface area contributed by atoms with Gasteiger partial charge in [-0.05, 0) is 18.6 Å². The van der Waals surface area contributed by atoms with Gasteiger partial charge in [-0.3, -0.25) is 0 Å². The Morgan fingerprint density at radius 2 is 2.13 bits per heavy atom. The minimum absolute atomic E-state index is 0.196. The lowest BCUT2D eigenvalue weighted by molar-refractivity contribution is -0.706. The van der Waals surface area contributed by atoms with E-state index < -0.39 is 0 Å². The van der Waals surface area contributed by atoms with Crippen LogP contribution in [0.1, 0.15) is 18.9 Å². The smallest absolute Gasteiger partial charge is 0.109 e. The van der Waals surface area contributed by atoms with E-state index in [2.05, 4.69) is 12.2 Å². The van der Waals surface area contributed by atoms with E-state index in [-0.39, 0.29) is 12.6 Å². The normalized spacial score (nSPS) is 12.8. The van der Waals surface area contributed by atoms with E-state index >= 15 is 0 Å². The SMILES string of the molecule is CC[C@H](CO)[NH2+]Cc1ccc(Cl)cc1Cl. The first-order valence-corrected chi connectivity index (χ1v) is 5.81. The van der Waals surface area contributed by atoms with Crippen molar-refractivity contribution < 1.29 is 10.4 Å². The highest BCUT2D eigenvalue weighted by Crippen LogP contribution is 2.19. The monoisotopic (exact) mass is 248 g/mol. The van der Waals surface area contributed by atoms with E-state index in [1.54, 1.807) is 6.07 Å². The number of quaternary nitrogens is 1. The molecule has 0 aromatic heterocycles. The third-order valence-corrected chi connectivity index (χ3v) is 3.03. The van der Waals surface area contributed by atoms with E-state index in [1.807, 2.05) is 12.1 Å². The predicted octanol–water partition coefficient (Wildman–Crippen LogP) is 1.83. The molecule has 1 aromatic rings. The Kier molecular flexibility index (Phi) is 5.40. The number of hydrogen-bond donors (Lipinski definition) is 2. The van der Waals surface area contributed by atoms with E-state index in [9.17, 15) is 0 Å². The van der Waals surface area contributed by atoms with Gasteiger partial charge in [0, 0.05) is 10.6 Å². The quantitative estimate of drug-likeness (QED) is 0.820. The summed E-state index contributed by atoms with van der Waals surface area (Å²) in [5, 5.41) is 12.5. The zero-order chi connectivity index (χ0) is 11.3. The zero-order valence-corrected chi connectivity index (χ0v) is 10.2. The maximum Gasteiger partial charge on any atom is 0.109 e. The first kappa shape index (κ1) is 12.8. The summed E-state index contributed by atoms with van der Waals surface area (Å²) < 4.78 is 0. The van der Waals surface area contributed by atoms with Crippen LogP contribution in [0.3, 0.4) is 0 Å². The summed E-state index contributed by atoms with van der Waals surface area (Å²) in [6.07, 6.45) is 0.946. The van der Waals surface area contributed by atoms with Crippen molar-refractivity contribution in [3.63, 3.8) is 0 Å². The third kappa shape index (κ3) is 3.99. The maximum atomic E-state index is 9.03. The largest absolute Gasteiger partial charge is 0.390 e. The molecule has 0 unspecified atom stereocenters. The lowest BCUT2D eigenvalue weighted by Crippen LogP contribution is -2.89. The number of hydrogen-bond acceptors (Lipinski definition) is 1. The van der Waals surface area contributed by atoms with Gasteiger partial charge in [-0.25, -0.2) is 0 Å². The van der Waals surface area contributed by atoms with Crippen LogP contribution >= 0.6 is 23.2 Å². The molecule has 0 aliphatic heterocycles. The van der Waals surface area contributed by atoms with Crippen molar-refractivity contribution in [1.29, 1.82) is 0 Å². The molecule has 2 nitrogen and oxygen atoms in total. The molecule has 0 bridgehead atoms. The van der Waals surface area contributed by atoms with Crippen molar-refractivity contribution in [2.24, 2.45) is 0 Å². The highest BCUT2D eigenvalue weighted by atomic mass is 35.5. The van der Waals surface area contributed by atoms with Crippen molar-refractivity contribution in [1.82, 2.24) is 0 Å². The van der Waals surface area contributed by atoms with Gasteiger partial charge >= 0.3 is 0 Å². The fraction of sp³-hybridized carbons (Fsp3) is 0.455. The average Bonchev–Trinajstić information content (AvgIpc) is 2.22. The standard InChI is InChI=1S/C11H15Cl2NO/c1-2-10(7-15)14-6-8-3-4-9(12)5-11(8)13/h3-5,10,14-15H,2,6-7H2,1H3/p+1/t10-/m1/s1. The number of benzene rings is 1. The molecule has 84 valence electrons. The molecule has 0 fully saturated rings. The molecule has 1 aromatic carbocycles. The Labute approximate surface area is 100 Å². The molecule has 0 aliphatic rings. The first-order chi connectivity index (χ1) is 7.17. The van der Waals surface area contributed by atoms with Gasteiger partial charge in [-0.2, -0.15) is 0 Å². The zero-order valence-electron chi connectivity index (χ0n) is 8.71. The second kappa shape index (κ2) is 6.33. The Bertz CT molecular complexity index is 313. The molecular formula is C11H16Cl2NO+. The summed E-state index contributed by atoms with van der Waals surface area (Å²) >= 11 is 11.8. The molecule has 15 heavy (non-hydrogen) atoms. The van der Waals surface area contributed by atoms with Crippen LogP contribution in [0.15, 0.2) is 18.2 Å². The van der Waals surface area contributed by atoms with Crippen LogP contribution in [0.2, 0.25) is 10.0 Å². The first-order valence-electron chi connectivity index (χ1n) is 5.05. The number of rotatable bonds is 5. The van der Waals surface area contributed by atoms with Crippen molar-refractivity contribution in [2.45, 2.75) is 25.9 Å². The van der Waals surface area contributed by atoms with Crippen LogP contribution in [-0.4, -0.2) is 17.8 Å². The van der Waals surface area contributed by atoms with Gasteiger partial charge in [0.15, 0.2) is 0 Å². The minimum atomic E-state index is 0.196. The van der Waals surface area contributed by atoms with E-state index in [0.29, 0.717) is 10.0 Å². The van der Waals surface area contributed by atoms with Crippen LogP contribution in [0.5, 0.6) is 0 Å². The molecule has 0 saturated carbocycles. The second-order valence-corrected chi connectivity index (χ2v) is 4.37. The minimum Gasteiger partial charge on any atom is -0.390 e. The lowest BCUT2D eigenvalue weighted by atomic mass is 10.2. The number of halogens is 2. The molecule has 0 radical (unpaired) electrons. The van der Waals surface area contributed by atoms with Gasteiger partial charge in [-0.1, -0.05) is 36.2 Å². The van der Waals surface area contributed by atoms with E-state index in [4.69, 9.17) is 28.3 Å². The fourth-order valence-electron chi connectivity index (χ4n) is 1.35. The third-order valence-electron chi connectivity index (χ3n) is 2.45. The molecule has 0 heterocycles. The fourth-order valence-corrected chi connectivity index (χ4v) is 1.84. The molecule has 4 heteroatoms. The molecule has 3 N–H and O–H groups in total. The summed E-state index contributed by atoms with van der Waals surface area (Å²) in [4.78, 5) is 0. The van der Waals surface area contributed by atoms with Gasteiger partial charge < -0.3 is 10.4 Å². The van der Waals surface area contributed by atoms with Crippen molar-refractivity contribution in [3.05, 3.63) is 33.8 Å². The Morgan fingerprint density at radius 3 is 2.67 bits per heavy atom. The van der Waals surface area contributed by atoms with Crippen molar-refractivity contribution in [2.75, 3.05) is 6.61 Å². The summed E-state index contributed by atoms with van der Waals surface area (Å²) in [6, 6.07) is 5.74. The number of aliphatic hydroxyl groups excluding tert-OH is 1. The predicted molar refractivity (Wildman–Crippen MR) is 63.3 cm³/mol. The topological polar surface area (TPSA) is 36.8 Å². The highest BCUT2D eigenvalue weighted by molar-refractivity contribution is 6.35. The summed E-state index contributed by atoms with van der Waals surface area (Å²) in [5.74, 6) is 0. The van der Waals surface area contributed by atoms with E-state index in [0.717, 1.165) is 18.5 Å². The lowest BCUT2D eigenvalue weighted by Gasteiger charge is -2.11. The molecule has 1 rings (SSSR count). The van der Waals surface area contributed by atoms with Gasteiger partial charge in [0.2, 0.25) is 0 Å². The summed E-state index contributed by atoms with van der Waals surface area (Å²) in [5.41, 5.74) is 1.05. The Morgan fingerprint density at radius 1 is 1.40 bits per heavy atom. The summed E-state index contributed by atoms with van der Waals surface area (Å²) in [7, 11) is 0. The molecule has 1 atom stereocenters. The number of nitrogens with two attached hydrogens (primary N) is 1. The Hall–Kier alpha value is -0.280. The molecule has 0 aliphatic carbocycles. The Balaban J connectivity index is 2.57. The molecule has 0 spiro atoms. The van der Waals surface area contributed by atoms with Crippen LogP contribution in [-0.2, 0) is 6.54 Å². The van der Waals surface area contributed by atoms with Crippen LogP contribution in [0, 0.1) is 0 Å². The second-order valence-electron chi connectivity index (χ2n) is 3.53. The van der Waals surface area contributed by atoms with Gasteiger partial charge in [0.1, 0.15) is 12.6 Å². The van der Waals surface area contributed by atoms with Crippen molar-refractivity contribution in [3.8, 4) is 0 Å². The molecule has 0 amide bonds. The van der Waals surface area contributed by atoms with Crippen LogP contribution < -0.4 is 5.32 Å². The van der Waals surface area contributed by atoms with E-state index in [1.165, 1.54) is 0 Å². The average molecular weight is 249 g/mol.